The molecule has 0 atom stereocenters. The van der Waals surface area contributed by atoms with E-state index in [1.54, 1.807) is 12.1 Å². The van der Waals surface area contributed by atoms with Crippen LogP contribution in [-0.2, 0) is 10.0 Å². The van der Waals surface area contributed by atoms with Crippen molar-refractivity contribution in [2.45, 2.75) is 4.90 Å². The number of halogens is 1. The van der Waals surface area contributed by atoms with Crippen LogP contribution in [0.4, 0.5) is 0 Å². The van der Waals surface area contributed by atoms with Crippen LogP contribution in [-0.4, -0.2) is 22.1 Å². The number of hydrogen-bond donors (Lipinski definition) is 1. The lowest BCUT2D eigenvalue weighted by Gasteiger charge is -2.06. The van der Waals surface area contributed by atoms with Gasteiger partial charge in [-0.3, -0.25) is 0 Å². The van der Waals surface area contributed by atoms with Crippen molar-refractivity contribution in [1.82, 2.24) is 4.72 Å². The van der Waals surface area contributed by atoms with E-state index in [4.69, 9.17) is 4.74 Å². The van der Waals surface area contributed by atoms with Gasteiger partial charge in [-0.15, -0.1) is 0 Å². The Hall–Kier alpha value is -0.850. The maximum atomic E-state index is 11.7. The third-order valence-electron chi connectivity index (χ3n) is 1.82. The molecule has 0 amide bonds. The van der Waals surface area contributed by atoms with Crippen molar-refractivity contribution in [2.24, 2.45) is 0 Å². The zero-order valence-electron chi connectivity index (χ0n) is 8.73. The summed E-state index contributed by atoms with van der Waals surface area (Å²) in [6.45, 7) is 3.71. The van der Waals surface area contributed by atoms with Crippen LogP contribution in [0.1, 0.15) is 0 Å². The second kappa shape index (κ2) is 5.47. The van der Waals surface area contributed by atoms with Crippen molar-refractivity contribution in [1.29, 1.82) is 0 Å². The highest BCUT2D eigenvalue weighted by atomic mass is 79.9. The zero-order valence-corrected chi connectivity index (χ0v) is 11.1. The van der Waals surface area contributed by atoms with Gasteiger partial charge in [0.15, 0.2) is 0 Å². The summed E-state index contributed by atoms with van der Waals surface area (Å²) in [6.07, 6.45) is 0. The molecule has 1 rings (SSSR count). The standard InChI is InChI=1S/C10H12BrNO3S/c1-8(11)7-12-16(13,14)10-5-3-9(15-2)4-6-10/h3-6,12H,1,7H2,2H3. The molecule has 0 radical (unpaired) electrons. The van der Waals surface area contributed by atoms with Crippen LogP contribution in [0.15, 0.2) is 40.2 Å². The number of benzene rings is 1. The third kappa shape index (κ3) is 3.62. The normalized spacial score (nSPS) is 11.1. The van der Waals surface area contributed by atoms with Crippen LogP contribution in [0.25, 0.3) is 0 Å². The minimum absolute atomic E-state index is 0.161. The number of methoxy groups -OCH3 is 1. The van der Waals surface area contributed by atoms with Crippen molar-refractivity contribution in [3.8, 4) is 5.75 Å². The first-order valence-corrected chi connectivity index (χ1v) is 6.70. The molecule has 1 aromatic rings. The molecule has 0 aromatic heterocycles. The molecular weight excluding hydrogens is 294 g/mol. The van der Waals surface area contributed by atoms with Crippen molar-refractivity contribution in [3.63, 3.8) is 0 Å². The predicted molar refractivity (Wildman–Crippen MR) is 66.2 cm³/mol. The second-order valence-corrected chi connectivity index (χ2v) is 5.91. The fourth-order valence-electron chi connectivity index (χ4n) is 1.01. The van der Waals surface area contributed by atoms with Gasteiger partial charge >= 0.3 is 0 Å². The number of hydrogen-bond acceptors (Lipinski definition) is 3. The average molecular weight is 306 g/mol. The highest BCUT2D eigenvalue weighted by Gasteiger charge is 2.13. The monoisotopic (exact) mass is 305 g/mol. The molecule has 1 aromatic carbocycles. The Balaban J connectivity index is 2.85. The van der Waals surface area contributed by atoms with Crippen LogP contribution in [0.3, 0.4) is 0 Å². The van der Waals surface area contributed by atoms with Gasteiger partial charge in [0.1, 0.15) is 5.75 Å². The lowest BCUT2D eigenvalue weighted by Crippen LogP contribution is -2.24. The van der Waals surface area contributed by atoms with Crippen LogP contribution < -0.4 is 9.46 Å². The Morgan fingerprint density at radius 3 is 2.44 bits per heavy atom. The summed E-state index contributed by atoms with van der Waals surface area (Å²) in [5.74, 6) is 0.615. The summed E-state index contributed by atoms with van der Waals surface area (Å²) in [4.78, 5) is 0.196. The third-order valence-corrected chi connectivity index (χ3v) is 3.52. The van der Waals surface area contributed by atoms with E-state index in [9.17, 15) is 8.42 Å². The fraction of sp³-hybridized carbons (Fsp3) is 0.200. The number of sulfonamides is 1. The minimum Gasteiger partial charge on any atom is -0.497 e. The molecule has 88 valence electrons. The molecule has 0 aliphatic rings. The zero-order chi connectivity index (χ0) is 12.2. The molecular formula is C10H12BrNO3S. The molecule has 0 saturated heterocycles. The van der Waals surface area contributed by atoms with Gasteiger partial charge in [0.05, 0.1) is 12.0 Å². The van der Waals surface area contributed by atoms with E-state index in [1.807, 2.05) is 0 Å². The van der Waals surface area contributed by atoms with Crippen molar-refractivity contribution < 1.29 is 13.2 Å². The van der Waals surface area contributed by atoms with E-state index in [1.165, 1.54) is 19.2 Å². The molecule has 4 nitrogen and oxygen atoms in total. The lowest BCUT2D eigenvalue weighted by atomic mass is 10.3. The molecule has 6 heteroatoms. The topological polar surface area (TPSA) is 55.4 Å². The van der Waals surface area contributed by atoms with Gasteiger partial charge in [0, 0.05) is 11.0 Å². The predicted octanol–water partition coefficient (Wildman–Crippen LogP) is 1.88. The molecule has 0 fully saturated rings. The quantitative estimate of drug-likeness (QED) is 0.904. The van der Waals surface area contributed by atoms with E-state index in [2.05, 4.69) is 27.2 Å². The van der Waals surface area contributed by atoms with E-state index in [0.717, 1.165) is 0 Å². The molecule has 0 heterocycles. The number of rotatable bonds is 5. The molecule has 0 unspecified atom stereocenters. The highest BCUT2D eigenvalue weighted by Crippen LogP contribution is 2.15. The Morgan fingerprint density at radius 1 is 1.44 bits per heavy atom. The van der Waals surface area contributed by atoms with Gasteiger partial charge in [-0.2, -0.15) is 0 Å². The van der Waals surface area contributed by atoms with E-state index in [0.29, 0.717) is 10.2 Å². The first kappa shape index (κ1) is 13.2. The molecule has 0 saturated carbocycles. The van der Waals surface area contributed by atoms with Crippen molar-refractivity contribution in [3.05, 3.63) is 35.3 Å². The van der Waals surface area contributed by atoms with E-state index < -0.39 is 10.0 Å². The maximum absolute atomic E-state index is 11.7. The number of nitrogens with one attached hydrogen (secondary N) is 1. The summed E-state index contributed by atoms with van der Waals surface area (Å²) >= 11 is 3.08. The summed E-state index contributed by atoms with van der Waals surface area (Å²) in [6, 6.07) is 6.16. The SMILES string of the molecule is C=C(Br)CNS(=O)(=O)c1ccc(OC)cc1. The molecule has 16 heavy (non-hydrogen) atoms. The first-order valence-electron chi connectivity index (χ1n) is 4.42. The number of ether oxygens (including phenoxy) is 1. The van der Waals surface area contributed by atoms with Crippen molar-refractivity contribution in [2.75, 3.05) is 13.7 Å². The van der Waals surface area contributed by atoms with Crippen LogP contribution in [0, 0.1) is 0 Å². The van der Waals surface area contributed by atoms with Gasteiger partial charge in [0.2, 0.25) is 10.0 Å². The van der Waals surface area contributed by atoms with Crippen LogP contribution >= 0.6 is 15.9 Å². The smallest absolute Gasteiger partial charge is 0.240 e. The average Bonchev–Trinajstić information content (AvgIpc) is 2.27. The highest BCUT2D eigenvalue weighted by molar-refractivity contribution is 9.11. The van der Waals surface area contributed by atoms with Gasteiger partial charge < -0.3 is 4.74 Å². The second-order valence-electron chi connectivity index (χ2n) is 3.02. The molecule has 0 aliphatic carbocycles. The minimum atomic E-state index is -3.48. The maximum Gasteiger partial charge on any atom is 0.240 e. The van der Waals surface area contributed by atoms with E-state index >= 15 is 0 Å². The molecule has 0 aliphatic heterocycles. The largest absolute Gasteiger partial charge is 0.497 e. The Bertz CT molecular complexity index is 467. The fourth-order valence-corrected chi connectivity index (χ4v) is 2.36. The Kier molecular flexibility index (Phi) is 4.52. The first-order chi connectivity index (χ1) is 7.45. The van der Waals surface area contributed by atoms with Crippen LogP contribution in [0.5, 0.6) is 5.75 Å². The molecule has 1 N–H and O–H groups in total. The summed E-state index contributed by atoms with van der Waals surface area (Å²) in [5, 5.41) is 0. The van der Waals surface area contributed by atoms with Gasteiger partial charge in [-0.25, -0.2) is 13.1 Å². The van der Waals surface area contributed by atoms with Gasteiger partial charge in [0.25, 0.3) is 0 Å². The van der Waals surface area contributed by atoms with Crippen molar-refractivity contribution >= 4 is 26.0 Å². The van der Waals surface area contributed by atoms with E-state index in [-0.39, 0.29) is 11.4 Å². The summed E-state index contributed by atoms with van der Waals surface area (Å²) < 4.78 is 31.4. The summed E-state index contributed by atoms with van der Waals surface area (Å²) in [5.41, 5.74) is 0. The van der Waals surface area contributed by atoms with Gasteiger partial charge in [-0.1, -0.05) is 22.5 Å². The Morgan fingerprint density at radius 2 is 2.00 bits per heavy atom. The molecule has 0 bridgehead atoms. The molecule has 0 spiro atoms. The van der Waals surface area contributed by atoms with Gasteiger partial charge in [-0.05, 0) is 24.3 Å². The summed E-state index contributed by atoms with van der Waals surface area (Å²) in [7, 11) is -1.95. The van der Waals surface area contributed by atoms with Crippen LogP contribution in [0.2, 0.25) is 0 Å². The Labute approximate surface area is 103 Å². The lowest BCUT2D eigenvalue weighted by molar-refractivity contribution is 0.414.